The minimum atomic E-state index is -0.791. The van der Waals surface area contributed by atoms with E-state index in [0.29, 0.717) is 0 Å². The quantitative estimate of drug-likeness (QED) is 0.672. The summed E-state index contributed by atoms with van der Waals surface area (Å²) < 4.78 is 5.21. The first kappa shape index (κ1) is 10.5. The van der Waals surface area contributed by atoms with Crippen molar-refractivity contribution >= 4 is 5.97 Å². The van der Waals surface area contributed by atoms with E-state index >= 15 is 0 Å². The van der Waals surface area contributed by atoms with Crippen molar-refractivity contribution in [1.82, 2.24) is 5.32 Å². The fourth-order valence-electron chi connectivity index (χ4n) is 1.85. The second-order valence-electron chi connectivity index (χ2n) is 3.53. The highest BCUT2D eigenvalue weighted by molar-refractivity contribution is 5.70. The third-order valence-corrected chi connectivity index (χ3v) is 2.65. The molecule has 1 aliphatic rings. The first-order valence-electron chi connectivity index (χ1n) is 4.65. The van der Waals surface area contributed by atoms with Crippen molar-refractivity contribution in [2.75, 3.05) is 13.7 Å². The summed E-state index contributed by atoms with van der Waals surface area (Å²) in [6.45, 7) is 2.66. The van der Waals surface area contributed by atoms with Crippen LogP contribution in [0.5, 0.6) is 0 Å². The molecule has 0 aromatic heterocycles. The van der Waals surface area contributed by atoms with E-state index in [1.54, 1.807) is 14.0 Å². The topological polar surface area (TPSA) is 58.6 Å². The van der Waals surface area contributed by atoms with Crippen LogP contribution in [0.4, 0.5) is 0 Å². The van der Waals surface area contributed by atoms with Crippen LogP contribution in [-0.2, 0) is 9.53 Å². The van der Waals surface area contributed by atoms with Gasteiger partial charge in [0.15, 0.2) is 0 Å². The molecule has 1 saturated heterocycles. The largest absolute Gasteiger partial charge is 0.481 e. The van der Waals surface area contributed by atoms with E-state index in [4.69, 9.17) is 9.84 Å². The summed E-state index contributed by atoms with van der Waals surface area (Å²) in [6, 6.07) is 0.205. The average molecular weight is 187 g/mol. The predicted octanol–water partition coefficient (Wildman–Crippen LogP) is 0.474. The minimum Gasteiger partial charge on any atom is -0.481 e. The molecule has 0 amide bonds. The van der Waals surface area contributed by atoms with Gasteiger partial charge in [-0.05, 0) is 26.3 Å². The van der Waals surface area contributed by atoms with Gasteiger partial charge >= 0.3 is 5.97 Å². The molecule has 1 fully saturated rings. The van der Waals surface area contributed by atoms with Crippen LogP contribution in [0.3, 0.4) is 0 Å². The second kappa shape index (κ2) is 4.58. The van der Waals surface area contributed by atoms with Crippen molar-refractivity contribution in [2.45, 2.75) is 31.9 Å². The van der Waals surface area contributed by atoms with Gasteiger partial charge in [-0.15, -0.1) is 0 Å². The zero-order valence-electron chi connectivity index (χ0n) is 8.12. The first-order chi connectivity index (χ1) is 6.16. The van der Waals surface area contributed by atoms with E-state index in [9.17, 15) is 4.79 Å². The van der Waals surface area contributed by atoms with Crippen LogP contribution in [0.25, 0.3) is 0 Å². The Kier molecular flexibility index (Phi) is 3.69. The summed E-state index contributed by atoms with van der Waals surface area (Å²) in [5, 5.41) is 12.1. The lowest BCUT2D eigenvalue weighted by Crippen LogP contribution is -2.43. The number of aliphatic carboxylic acids is 1. The number of rotatable bonds is 4. The molecule has 3 atom stereocenters. The van der Waals surface area contributed by atoms with Gasteiger partial charge in [-0.3, -0.25) is 4.79 Å². The monoisotopic (exact) mass is 187 g/mol. The molecule has 0 radical (unpaired) electrons. The lowest BCUT2D eigenvalue weighted by atomic mass is 9.97. The molecule has 0 spiro atoms. The number of hydrogen-bond acceptors (Lipinski definition) is 3. The van der Waals surface area contributed by atoms with E-state index in [2.05, 4.69) is 5.32 Å². The molecule has 2 N–H and O–H groups in total. The van der Waals surface area contributed by atoms with Crippen LogP contribution in [0.15, 0.2) is 0 Å². The van der Waals surface area contributed by atoms with Crippen LogP contribution >= 0.6 is 0 Å². The van der Waals surface area contributed by atoms with Crippen molar-refractivity contribution in [3.8, 4) is 0 Å². The smallest absolute Gasteiger partial charge is 0.308 e. The zero-order chi connectivity index (χ0) is 9.84. The molecule has 4 nitrogen and oxygen atoms in total. The Morgan fingerprint density at radius 1 is 1.69 bits per heavy atom. The van der Waals surface area contributed by atoms with E-state index < -0.39 is 11.9 Å². The lowest BCUT2D eigenvalue weighted by molar-refractivity contribution is -0.146. The van der Waals surface area contributed by atoms with E-state index in [1.165, 1.54) is 0 Å². The summed E-state index contributed by atoms with van der Waals surface area (Å²) in [5.41, 5.74) is 0. The molecule has 13 heavy (non-hydrogen) atoms. The average Bonchev–Trinajstić information content (AvgIpc) is 2.58. The molecule has 0 aromatic carbocycles. The van der Waals surface area contributed by atoms with Crippen LogP contribution in [0.1, 0.15) is 19.8 Å². The molecule has 0 aliphatic carbocycles. The Morgan fingerprint density at radius 2 is 2.38 bits per heavy atom. The number of hydrogen-bond donors (Lipinski definition) is 2. The Hall–Kier alpha value is -0.610. The van der Waals surface area contributed by atoms with Crippen LogP contribution < -0.4 is 5.32 Å². The summed E-state index contributed by atoms with van der Waals surface area (Å²) in [7, 11) is 1.57. The normalized spacial score (nSPS) is 27.1. The minimum absolute atomic E-state index is 0.205. The first-order valence-corrected chi connectivity index (χ1v) is 4.65. The molecule has 0 saturated carbocycles. The van der Waals surface area contributed by atoms with Gasteiger partial charge < -0.3 is 15.2 Å². The SMILES string of the molecule is COC(C(C)C(=O)O)[C@@H]1CCCN1. The molecule has 1 aliphatic heterocycles. The highest BCUT2D eigenvalue weighted by Gasteiger charge is 2.32. The van der Waals surface area contributed by atoms with Gasteiger partial charge in [0.2, 0.25) is 0 Å². The standard InChI is InChI=1S/C9H17NO3/c1-6(9(11)12)8(13-2)7-4-3-5-10-7/h6-8,10H,3-5H2,1-2H3,(H,11,12)/t6?,7-,8?/m0/s1. The zero-order valence-corrected chi connectivity index (χ0v) is 8.12. The van der Waals surface area contributed by atoms with E-state index in [1.807, 2.05) is 0 Å². The van der Waals surface area contributed by atoms with Gasteiger partial charge in [0.05, 0.1) is 12.0 Å². The summed E-state index contributed by atoms with van der Waals surface area (Å²) in [6.07, 6.45) is 1.91. The second-order valence-corrected chi connectivity index (χ2v) is 3.53. The van der Waals surface area contributed by atoms with Crippen LogP contribution in [0, 0.1) is 5.92 Å². The number of carboxylic acids is 1. The van der Waals surface area contributed by atoms with Gasteiger partial charge in [-0.1, -0.05) is 0 Å². The van der Waals surface area contributed by atoms with Gasteiger partial charge in [0, 0.05) is 13.2 Å². The molecule has 0 aromatic rings. The summed E-state index contributed by atoms with van der Waals surface area (Å²) in [4.78, 5) is 10.7. The third kappa shape index (κ3) is 2.42. The Bertz CT molecular complexity index is 178. The third-order valence-electron chi connectivity index (χ3n) is 2.65. The number of nitrogens with one attached hydrogen (secondary N) is 1. The maximum absolute atomic E-state index is 10.7. The Labute approximate surface area is 78.3 Å². The molecule has 1 heterocycles. The summed E-state index contributed by atoms with van der Waals surface area (Å²) in [5.74, 6) is -1.24. The van der Waals surface area contributed by atoms with Crippen molar-refractivity contribution in [1.29, 1.82) is 0 Å². The Balaban J connectivity index is 2.54. The van der Waals surface area contributed by atoms with Crippen LogP contribution in [-0.4, -0.2) is 36.9 Å². The molecular weight excluding hydrogens is 170 g/mol. The molecular formula is C9H17NO3. The molecule has 4 heteroatoms. The van der Waals surface area contributed by atoms with E-state index in [0.717, 1.165) is 19.4 Å². The van der Waals surface area contributed by atoms with Crippen LogP contribution in [0.2, 0.25) is 0 Å². The maximum atomic E-state index is 10.7. The molecule has 2 unspecified atom stereocenters. The van der Waals surface area contributed by atoms with Gasteiger partial charge in [0.1, 0.15) is 0 Å². The highest BCUT2D eigenvalue weighted by Crippen LogP contribution is 2.18. The summed E-state index contributed by atoms with van der Waals surface area (Å²) >= 11 is 0. The fourth-order valence-corrected chi connectivity index (χ4v) is 1.85. The van der Waals surface area contributed by atoms with Crippen molar-refractivity contribution in [3.63, 3.8) is 0 Å². The van der Waals surface area contributed by atoms with Crippen molar-refractivity contribution in [3.05, 3.63) is 0 Å². The van der Waals surface area contributed by atoms with Crippen molar-refractivity contribution < 1.29 is 14.6 Å². The van der Waals surface area contributed by atoms with Gasteiger partial charge in [0.25, 0.3) is 0 Å². The Morgan fingerprint density at radius 3 is 2.77 bits per heavy atom. The number of methoxy groups -OCH3 is 1. The molecule has 1 rings (SSSR count). The number of ether oxygens (including phenoxy) is 1. The van der Waals surface area contributed by atoms with Gasteiger partial charge in [-0.2, -0.15) is 0 Å². The number of carbonyl (C=O) groups is 1. The maximum Gasteiger partial charge on any atom is 0.308 e. The molecule has 0 bridgehead atoms. The van der Waals surface area contributed by atoms with Gasteiger partial charge in [-0.25, -0.2) is 0 Å². The lowest BCUT2D eigenvalue weighted by Gasteiger charge is -2.25. The van der Waals surface area contributed by atoms with E-state index in [-0.39, 0.29) is 12.1 Å². The number of carboxylic acid groups (broad SMARTS) is 1. The van der Waals surface area contributed by atoms with Crippen molar-refractivity contribution in [2.24, 2.45) is 5.92 Å². The molecule has 76 valence electrons. The fraction of sp³-hybridized carbons (Fsp3) is 0.889. The predicted molar refractivity (Wildman–Crippen MR) is 48.6 cm³/mol. The highest BCUT2D eigenvalue weighted by atomic mass is 16.5.